The van der Waals surface area contributed by atoms with E-state index < -0.39 is 47.1 Å². The molecular weight excluding hydrogens is 517 g/mol. The highest BCUT2D eigenvalue weighted by Gasteiger charge is 2.26. The van der Waals surface area contributed by atoms with E-state index in [2.05, 4.69) is 10.4 Å². The second-order valence-electron chi connectivity index (χ2n) is 8.26. The van der Waals surface area contributed by atoms with E-state index in [-0.39, 0.29) is 12.4 Å². The van der Waals surface area contributed by atoms with Crippen LogP contribution in [0, 0.1) is 42.9 Å². The highest BCUT2D eigenvalue weighted by molar-refractivity contribution is 6.32. The highest BCUT2D eigenvalue weighted by atomic mass is 35.5. The van der Waals surface area contributed by atoms with Crippen LogP contribution in [0.15, 0.2) is 48.7 Å². The number of ether oxygens (including phenoxy) is 1. The first-order valence-corrected chi connectivity index (χ1v) is 11.3. The lowest BCUT2D eigenvalue weighted by molar-refractivity contribution is 0.102. The Balaban J connectivity index is 1.38. The van der Waals surface area contributed by atoms with Gasteiger partial charge in [-0.1, -0.05) is 23.7 Å². The van der Waals surface area contributed by atoms with Gasteiger partial charge >= 0.3 is 0 Å². The van der Waals surface area contributed by atoms with Crippen LogP contribution in [0.3, 0.4) is 0 Å². The van der Waals surface area contributed by atoms with E-state index in [9.17, 15) is 26.7 Å². The molecule has 0 aliphatic heterocycles. The van der Waals surface area contributed by atoms with Gasteiger partial charge in [0.05, 0.1) is 12.1 Å². The summed E-state index contributed by atoms with van der Waals surface area (Å²) >= 11 is 6.17. The first kappa shape index (κ1) is 26.2. The van der Waals surface area contributed by atoms with Crippen LogP contribution >= 0.6 is 11.6 Å². The van der Waals surface area contributed by atoms with Gasteiger partial charge in [-0.15, -0.1) is 0 Å². The van der Waals surface area contributed by atoms with E-state index >= 15 is 0 Å². The molecule has 1 amide bonds. The molecule has 0 saturated carbocycles. The molecule has 0 spiro atoms. The maximum Gasteiger partial charge on any atom is 0.256 e. The SMILES string of the molecule is Cc1cc(OCc2ccc(C(=O)Nc3ccn(Cc4c(F)c(F)c(F)c(F)c4F)n3)cc2)cc(C)c1Cl. The molecule has 192 valence electrons. The highest BCUT2D eigenvalue weighted by Crippen LogP contribution is 2.27. The predicted octanol–water partition coefficient (Wildman–Crippen LogP) is 6.73. The molecule has 0 saturated heterocycles. The molecule has 37 heavy (non-hydrogen) atoms. The standard InChI is InChI=1S/C26H19ClF5N3O2/c1-13-9-17(10-14(2)20(13)27)37-12-15-3-5-16(6-4-15)26(36)33-19-7-8-35(34-19)11-18-21(28)23(30)25(32)24(31)22(18)29/h3-10H,11-12H2,1-2H3,(H,33,34,36). The van der Waals surface area contributed by atoms with E-state index in [1.165, 1.54) is 12.3 Å². The number of hydrogen-bond acceptors (Lipinski definition) is 3. The van der Waals surface area contributed by atoms with E-state index in [4.69, 9.17) is 16.3 Å². The van der Waals surface area contributed by atoms with Gasteiger partial charge in [-0.05, 0) is 54.8 Å². The van der Waals surface area contributed by atoms with Crippen molar-refractivity contribution in [2.45, 2.75) is 27.0 Å². The Hall–Kier alpha value is -3.92. The van der Waals surface area contributed by atoms with Gasteiger partial charge in [0.15, 0.2) is 29.1 Å². The van der Waals surface area contributed by atoms with Crippen molar-refractivity contribution in [2.24, 2.45) is 0 Å². The number of nitrogens with one attached hydrogen (secondary N) is 1. The topological polar surface area (TPSA) is 56.1 Å². The summed E-state index contributed by atoms with van der Waals surface area (Å²) in [5, 5.41) is 7.11. The van der Waals surface area contributed by atoms with Crippen molar-refractivity contribution in [3.63, 3.8) is 0 Å². The number of carbonyl (C=O) groups excluding carboxylic acids is 1. The molecule has 11 heteroatoms. The number of hydrogen-bond donors (Lipinski definition) is 1. The van der Waals surface area contributed by atoms with Crippen LogP contribution in [0.4, 0.5) is 27.8 Å². The molecule has 5 nitrogen and oxygen atoms in total. The molecule has 4 rings (SSSR count). The second-order valence-corrected chi connectivity index (χ2v) is 8.64. The summed E-state index contributed by atoms with van der Waals surface area (Å²) in [5.41, 5.74) is 1.88. The van der Waals surface area contributed by atoms with Crippen molar-refractivity contribution in [3.05, 3.63) is 111 Å². The molecule has 0 unspecified atom stereocenters. The Morgan fingerprint density at radius 2 is 1.49 bits per heavy atom. The molecule has 0 atom stereocenters. The Morgan fingerprint density at radius 3 is 2.08 bits per heavy atom. The van der Waals surface area contributed by atoms with Crippen molar-refractivity contribution in [1.82, 2.24) is 9.78 Å². The monoisotopic (exact) mass is 535 g/mol. The fourth-order valence-electron chi connectivity index (χ4n) is 3.56. The first-order chi connectivity index (χ1) is 17.5. The molecule has 0 radical (unpaired) electrons. The molecule has 0 bridgehead atoms. The summed E-state index contributed by atoms with van der Waals surface area (Å²) in [5.74, 6) is -10.0. The number of carbonyl (C=O) groups is 1. The molecule has 1 heterocycles. The summed E-state index contributed by atoms with van der Waals surface area (Å²) in [6.45, 7) is 3.31. The fourth-order valence-corrected chi connectivity index (χ4v) is 3.67. The van der Waals surface area contributed by atoms with Crippen LogP contribution in [0.2, 0.25) is 5.02 Å². The van der Waals surface area contributed by atoms with Crippen molar-refractivity contribution < 1.29 is 31.5 Å². The zero-order valence-corrected chi connectivity index (χ0v) is 20.3. The second kappa shape index (κ2) is 10.6. The Kier molecular flexibility index (Phi) is 7.49. The summed E-state index contributed by atoms with van der Waals surface area (Å²) in [7, 11) is 0. The number of aromatic nitrogens is 2. The number of benzene rings is 3. The van der Waals surface area contributed by atoms with Crippen LogP contribution < -0.4 is 10.1 Å². The van der Waals surface area contributed by atoms with Gasteiger partial charge in [-0.25, -0.2) is 22.0 Å². The van der Waals surface area contributed by atoms with Gasteiger partial charge in [-0.2, -0.15) is 5.10 Å². The summed E-state index contributed by atoms with van der Waals surface area (Å²) in [6, 6.07) is 11.6. The quantitative estimate of drug-likeness (QED) is 0.162. The van der Waals surface area contributed by atoms with Gasteiger partial charge in [0.2, 0.25) is 5.82 Å². The molecule has 0 aliphatic carbocycles. The van der Waals surface area contributed by atoms with Crippen molar-refractivity contribution in [3.8, 4) is 5.75 Å². The predicted molar refractivity (Wildman–Crippen MR) is 127 cm³/mol. The molecule has 1 aromatic heterocycles. The van der Waals surface area contributed by atoms with Gasteiger partial charge in [-0.3, -0.25) is 9.48 Å². The number of amides is 1. The largest absolute Gasteiger partial charge is 0.489 e. The van der Waals surface area contributed by atoms with E-state index in [1.807, 2.05) is 26.0 Å². The summed E-state index contributed by atoms with van der Waals surface area (Å²) < 4.78 is 74.6. The molecule has 0 aliphatic rings. The van der Waals surface area contributed by atoms with Crippen LogP contribution in [0.25, 0.3) is 0 Å². The Bertz CT molecular complexity index is 1440. The van der Waals surface area contributed by atoms with Crippen LogP contribution in [0.1, 0.15) is 32.6 Å². The van der Waals surface area contributed by atoms with Crippen LogP contribution in [0.5, 0.6) is 5.75 Å². The summed E-state index contributed by atoms with van der Waals surface area (Å²) in [4.78, 5) is 12.5. The number of halogens is 6. The van der Waals surface area contributed by atoms with E-state index in [0.717, 1.165) is 21.4 Å². The molecule has 1 N–H and O–H groups in total. The van der Waals surface area contributed by atoms with Crippen molar-refractivity contribution >= 4 is 23.3 Å². The zero-order chi connectivity index (χ0) is 26.9. The maximum absolute atomic E-state index is 13.9. The third-order valence-electron chi connectivity index (χ3n) is 5.53. The third kappa shape index (κ3) is 5.59. The number of rotatable bonds is 7. The lowest BCUT2D eigenvalue weighted by Crippen LogP contribution is -2.14. The third-order valence-corrected chi connectivity index (χ3v) is 6.13. The van der Waals surface area contributed by atoms with Crippen LogP contribution in [-0.4, -0.2) is 15.7 Å². The molecule has 0 fully saturated rings. The lowest BCUT2D eigenvalue weighted by Gasteiger charge is -2.10. The smallest absolute Gasteiger partial charge is 0.256 e. The van der Waals surface area contributed by atoms with Crippen molar-refractivity contribution in [2.75, 3.05) is 5.32 Å². The molecular formula is C26H19ClF5N3O2. The number of anilines is 1. The minimum absolute atomic E-state index is 0.0229. The Morgan fingerprint density at radius 1 is 0.919 bits per heavy atom. The van der Waals surface area contributed by atoms with E-state index in [0.29, 0.717) is 16.3 Å². The van der Waals surface area contributed by atoms with Gasteiger partial charge in [0.25, 0.3) is 5.91 Å². The van der Waals surface area contributed by atoms with Crippen molar-refractivity contribution in [1.29, 1.82) is 0 Å². The number of nitrogens with zero attached hydrogens (tertiary/aromatic N) is 2. The molecule has 4 aromatic rings. The van der Waals surface area contributed by atoms with Crippen LogP contribution in [-0.2, 0) is 13.2 Å². The molecule has 3 aromatic carbocycles. The maximum atomic E-state index is 13.9. The number of aryl methyl sites for hydroxylation is 2. The fraction of sp³-hybridized carbons (Fsp3) is 0.154. The first-order valence-electron chi connectivity index (χ1n) is 10.9. The lowest BCUT2D eigenvalue weighted by atomic mass is 10.1. The van der Waals surface area contributed by atoms with Gasteiger partial charge < -0.3 is 10.1 Å². The normalized spacial score (nSPS) is 11.0. The minimum Gasteiger partial charge on any atom is -0.489 e. The average molecular weight is 536 g/mol. The Labute approximate surface area is 213 Å². The van der Waals surface area contributed by atoms with E-state index in [1.54, 1.807) is 24.3 Å². The zero-order valence-electron chi connectivity index (χ0n) is 19.5. The minimum atomic E-state index is -2.24. The average Bonchev–Trinajstić information content (AvgIpc) is 3.33. The van der Waals surface area contributed by atoms with Gasteiger partial charge in [0.1, 0.15) is 12.4 Å². The van der Waals surface area contributed by atoms with Gasteiger partial charge in [0, 0.05) is 22.8 Å². The summed E-state index contributed by atoms with van der Waals surface area (Å²) in [6.07, 6.45) is 1.23.